The highest BCUT2D eigenvalue weighted by Crippen LogP contribution is 2.47. The first-order valence-corrected chi connectivity index (χ1v) is 7.52. The molecule has 0 aliphatic heterocycles. The molecule has 1 aromatic carbocycles. The first kappa shape index (κ1) is 12.7. The molecule has 1 aromatic rings. The van der Waals surface area contributed by atoms with E-state index in [2.05, 4.69) is 18.2 Å². The highest BCUT2D eigenvalue weighted by molar-refractivity contribution is 5.76. The number of carboxylic acid groups (broad SMARTS) is 1. The van der Waals surface area contributed by atoms with Gasteiger partial charge in [-0.2, -0.15) is 0 Å². The van der Waals surface area contributed by atoms with Crippen LogP contribution in [-0.2, 0) is 17.6 Å². The molecule has 2 nitrogen and oxygen atoms in total. The molecular formula is C17H22O2. The van der Waals surface area contributed by atoms with Crippen molar-refractivity contribution in [2.24, 2.45) is 11.3 Å². The van der Waals surface area contributed by atoms with Gasteiger partial charge in [0.05, 0.1) is 5.41 Å². The van der Waals surface area contributed by atoms with E-state index in [9.17, 15) is 9.90 Å². The molecule has 2 heteroatoms. The molecule has 1 atom stereocenters. The van der Waals surface area contributed by atoms with Gasteiger partial charge in [0.15, 0.2) is 0 Å². The lowest BCUT2D eigenvalue weighted by molar-refractivity contribution is -0.154. The zero-order valence-electron chi connectivity index (χ0n) is 11.4. The number of carbonyl (C=O) groups is 1. The van der Waals surface area contributed by atoms with Crippen LogP contribution in [0.4, 0.5) is 0 Å². The minimum absolute atomic E-state index is 0.382. The van der Waals surface area contributed by atoms with Crippen LogP contribution in [0.1, 0.15) is 49.7 Å². The van der Waals surface area contributed by atoms with Crippen molar-refractivity contribution in [1.29, 1.82) is 0 Å². The Morgan fingerprint density at radius 3 is 2.47 bits per heavy atom. The molecule has 19 heavy (non-hydrogen) atoms. The monoisotopic (exact) mass is 258 g/mol. The van der Waals surface area contributed by atoms with Gasteiger partial charge in [0, 0.05) is 0 Å². The molecule has 1 unspecified atom stereocenters. The number of aliphatic carboxylic acids is 1. The summed E-state index contributed by atoms with van der Waals surface area (Å²) in [4.78, 5) is 12.0. The van der Waals surface area contributed by atoms with Gasteiger partial charge in [0.25, 0.3) is 0 Å². The lowest BCUT2D eigenvalue weighted by Gasteiger charge is -2.42. The van der Waals surface area contributed by atoms with Crippen LogP contribution in [0.25, 0.3) is 0 Å². The van der Waals surface area contributed by atoms with Crippen LogP contribution in [-0.4, -0.2) is 11.1 Å². The van der Waals surface area contributed by atoms with Crippen molar-refractivity contribution >= 4 is 5.97 Å². The van der Waals surface area contributed by atoms with Gasteiger partial charge in [-0.15, -0.1) is 0 Å². The molecule has 0 spiro atoms. The topological polar surface area (TPSA) is 37.3 Å². The summed E-state index contributed by atoms with van der Waals surface area (Å²) in [7, 11) is 0. The van der Waals surface area contributed by atoms with Crippen LogP contribution < -0.4 is 0 Å². The lowest BCUT2D eigenvalue weighted by Crippen LogP contribution is -2.44. The third-order valence-electron chi connectivity index (χ3n) is 5.28. The first-order valence-electron chi connectivity index (χ1n) is 7.52. The molecule has 2 aliphatic carbocycles. The first-order chi connectivity index (χ1) is 9.22. The van der Waals surface area contributed by atoms with E-state index in [-0.39, 0.29) is 0 Å². The van der Waals surface area contributed by atoms with Gasteiger partial charge < -0.3 is 5.11 Å². The number of aryl methyl sites for hydroxylation is 1. The van der Waals surface area contributed by atoms with E-state index >= 15 is 0 Å². The second kappa shape index (κ2) is 4.99. The van der Waals surface area contributed by atoms with Crippen molar-refractivity contribution in [3.63, 3.8) is 0 Å². The maximum Gasteiger partial charge on any atom is 0.310 e. The predicted octanol–water partition coefficient (Wildman–Crippen LogP) is 3.83. The second-order valence-electron chi connectivity index (χ2n) is 6.24. The predicted molar refractivity (Wildman–Crippen MR) is 75.1 cm³/mol. The Hall–Kier alpha value is -1.31. The van der Waals surface area contributed by atoms with Crippen molar-refractivity contribution in [2.45, 2.75) is 51.4 Å². The Labute approximate surface area is 114 Å². The van der Waals surface area contributed by atoms with Gasteiger partial charge in [-0.05, 0) is 49.1 Å². The maximum atomic E-state index is 12.0. The van der Waals surface area contributed by atoms with Crippen LogP contribution in [0.5, 0.6) is 0 Å². The smallest absolute Gasteiger partial charge is 0.310 e. The molecule has 0 radical (unpaired) electrons. The Morgan fingerprint density at radius 1 is 1.11 bits per heavy atom. The van der Waals surface area contributed by atoms with E-state index in [1.807, 2.05) is 6.07 Å². The van der Waals surface area contributed by atoms with Crippen LogP contribution in [0.15, 0.2) is 24.3 Å². The molecule has 1 saturated carbocycles. The van der Waals surface area contributed by atoms with Gasteiger partial charge in [-0.3, -0.25) is 4.79 Å². The summed E-state index contributed by atoms with van der Waals surface area (Å²) in [5.74, 6) is -0.180. The van der Waals surface area contributed by atoms with Crippen LogP contribution >= 0.6 is 0 Å². The third-order valence-corrected chi connectivity index (χ3v) is 5.28. The zero-order valence-corrected chi connectivity index (χ0v) is 11.4. The quantitative estimate of drug-likeness (QED) is 0.875. The average Bonchev–Trinajstić information content (AvgIpc) is 2.47. The molecular weight excluding hydrogens is 236 g/mol. The fraction of sp³-hybridized carbons (Fsp3) is 0.588. The van der Waals surface area contributed by atoms with Crippen LogP contribution in [0.2, 0.25) is 0 Å². The fourth-order valence-electron chi connectivity index (χ4n) is 4.12. The SMILES string of the molecule is O=C(O)C1(C2CCCCC2)CCc2ccccc2C1. The van der Waals surface area contributed by atoms with Crippen LogP contribution in [0, 0.1) is 11.3 Å². The van der Waals surface area contributed by atoms with E-state index < -0.39 is 11.4 Å². The maximum absolute atomic E-state index is 12.0. The van der Waals surface area contributed by atoms with Crippen molar-refractivity contribution in [3.8, 4) is 0 Å². The highest BCUT2D eigenvalue weighted by atomic mass is 16.4. The van der Waals surface area contributed by atoms with E-state index in [1.165, 1.54) is 30.4 Å². The molecule has 3 rings (SSSR count). The number of hydrogen-bond donors (Lipinski definition) is 1. The van der Waals surface area contributed by atoms with E-state index in [4.69, 9.17) is 0 Å². The number of hydrogen-bond acceptors (Lipinski definition) is 1. The van der Waals surface area contributed by atoms with Crippen molar-refractivity contribution in [1.82, 2.24) is 0 Å². The number of rotatable bonds is 2. The summed E-state index contributed by atoms with van der Waals surface area (Å²) in [6, 6.07) is 8.38. The van der Waals surface area contributed by atoms with Crippen LogP contribution in [0.3, 0.4) is 0 Å². The Morgan fingerprint density at radius 2 is 1.79 bits per heavy atom. The molecule has 102 valence electrons. The van der Waals surface area contributed by atoms with Gasteiger partial charge in [0.1, 0.15) is 0 Å². The van der Waals surface area contributed by atoms with E-state index in [0.717, 1.165) is 32.1 Å². The molecule has 0 bridgehead atoms. The van der Waals surface area contributed by atoms with Gasteiger partial charge in [-0.1, -0.05) is 43.5 Å². The molecule has 0 saturated heterocycles. The minimum atomic E-state index is -0.561. The molecule has 2 aliphatic rings. The van der Waals surface area contributed by atoms with Gasteiger partial charge in [-0.25, -0.2) is 0 Å². The highest BCUT2D eigenvalue weighted by Gasteiger charge is 2.47. The lowest BCUT2D eigenvalue weighted by atomic mass is 9.60. The zero-order chi connectivity index (χ0) is 13.3. The Bertz CT molecular complexity index is 474. The minimum Gasteiger partial charge on any atom is -0.481 e. The molecule has 0 amide bonds. The largest absolute Gasteiger partial charge is 0.481 e. The number of benzene rings is 1. The van der Waals surface area contributed by atoms with Gasteiger partial charge >= 0.3 is 5.97 Å². The third kappa shape index (κ3) is 2.18. The summed E-state index contributed by atoms with van der Waals surface area (Å²) in [6.07, 6.45) is 8.40. The summed E-state index contributed by atoms with van der Waals surface area (Å²) in [6.45, 7) is 0. The summed E-state index contributed by atoms with van der Waals surface area (Å²) < 4.78 is 0. The molecule has 1 fully saturated rings. The van der Waals surface area contributed by atoms with Crippen molar-refractivity contribution < 1.29 is 9.90 Å². The Balaban J connectivity index is 1.93. The van der Waals surface area contributed by atoms with E-state index in [1.54, 1.807) is 0 Å². The molecule has 0 aromatic heterocycles. The average molecular weight is 258 g/mol. The molecule has 0 heterocycles. The number of fused-ring (bicyclic) bond motifs is 1. The molecule has 1 N–H and O–H groups in total. The summed E-state index contributed by atoms with van der Waals surface area (Å²) in [5, 5.41) is 9.87. The van der Waals surface area contributed by atoms with E-state index in [0.29, 0.717) is 5.92 Å². The summed E-state index contributed by atoms with van der Waals surface area (Å²) in [5.41, 5.74) is 2.13. The van der Waals surface area contributed by atoms with Crippen molar-refractivity contribution in [2.75, 3.05) is 0 Å². The van der Waals surface area contributed by atoms with Gasteiger partial charge in [0.2, 0.25) is 0 Å². The Kier molecular flexibility index (Phi) is 3.34. The second-order valence-corrected chi connectivity index (χ2v) is 6.24. The standard InChI is InChI=1S/C17H22O2/c18-16(19)17(15-8-2-1-3-9-15)11-10-13-6-4-5-7-14(13)12-17/h4-7,15H,1-3,8-12H2,(H,18,19). The number of carboxylic acids is 1. The fourth-order valence-corrected chi connectivity index (χ4v) is 4.12. The normalized spacial score (nSPS) is 27.8. The van der Waals surface area contributed by atoms with Crippen molar-refractivity contribution in [3.05, 3.63) is 35.4 Å². The summed E-state index contributed by atoms with van der Waals surface area (Å²) >= 11 is 0.